The van der Waals surface area contributed by atoms with Crippen LogP contribution in [-0.2, 0) is 18.4 Å². The Kier molecular flexibility index (Phi) is 7.55. The summed E-state index contributed by atoms with van der Waals surface area (Å²) in [5.41, 5.74) is -0.162. The van der Waals surface area contributed by atoms with Crippen LogP contribution in [0.25, 0.3) is 0 Å². The van der Waals surface area contributed by atoms with Gasteiger partial charge in [0.15, 0.2) is 16.6 Å². The maximum atomic E-state index is 11.8. The molecule has 2 rings (SSSR count). The molecule has 1 aliphatic heterocycles. The molecule has 31 heavy (non-hydrogen) atoms. The number of hydrogen-bond donors (Lipinski definition) is 0. The van der Waals surface area contributed by atoms with Crippen LogP contribution in [0.2, 0.25) is 36.3 Å². The summed E-state index contributed by atoms with van der Waals surface area (Å²) in [5, 5.41) is 0.348. The van der Waals surface area contributed by atoms with Crippen molar-refractivity contribution in [1.29, 1.82) is 0 Å². The molecule has 1 fully saturated rings. The number of rotatable bonds is 6. The van der Waals surface area contributed by atoms with Crippen LogP contribution in [0, 0.1) is 16.7 Å². The van der Waals surface area contributed by atoms with E-state index in [1.54, 1.807) is 6.08 Å². The van der Waals surface area contributed by atoms with E-state index in [4.69, 9.17) is 13.6 Å². The number of esters is 1. The molecule has 1 aliphatic carbocycles. The van der Waals surface area contributed by atoms with Crippen molar-refractivity contribution < 1.29 is 18.4 Å². The van der Waals surface area contributed by atoms with Gasteiger partial charge in [-0.2, -0.15) is 0 Å². The van der Waals surface area contributed by atoms with E-state index in [-0.39, 0.29) is 32.8 Å². The summed E-state index contributed by atoms with van der Waals surface area (Å²) >= 11 is 0. The van der Waals surface area contributed by atoms with Crippen LogP contribution in [0.4, 0.5) is 0 Å². The Balaban J connectivity index is 2.36. The molecule has 3 atom stereocenters. The van der Waals surface area contributed by atoms with Crippen LogP contribution in [0.3, 0.4) is 0 Å². The standard InChI is InChI=1S/C25H48O4Si2/c1-22(2,3)30(8,9)28-17-20-24(7,18-29-31(10,11)23(4,5)6)14-12-15-25(20)16-13-21(26)27-19-25/h13,16,20H,12,14-15,17-19H2,1-11H3. The third-order valence-electron chi connectivity index (χ3n) is 8.95. The predicted octanol–water partition coefficient (Wildman–Crippen LogP) is 6.94. The van der Waals surface area contributed by atoms with Gasteiger partial charge in [0.1, 0.15) is 6.61 Å². The second-order valence-electron chi connectivity index (χ2n) is 13.4. The van der Waals surface area contributed by atoms with Crippen molar-refractivity contribution in [2.75, 3.05) is 19.8 Å². The minimum Gasteiger partial charge on any atom is -0.462 e. The lowest BCUT2D eigenvalue weighted by molar-refractivity contribution is -0.150. The molecule has 1 saturated carbocycles. The SMILES string of the molecule is CC1(CO[Si](C)(C)C(C)(C)C)CCCC2(C=CC(=O)OC2)C1CO[Si](C)(C)C(C)(C)C. The number of carbonyl (C=O) groups is 1. The molecule has 0 saturated heterocycles. The van der Waals surface area contributed by atoms with E-state index < -0.39 is 16.6 Å². The smallest absolute Gasteiger partial charge is 0.330 e. The van der Waals surface area contributed by atoms with Crippen molar-refractivity contribution in [2.24, 2.45) is 16.7 Å². The van der Waals surface area contributed by atoms with E-state index in [1.165, 1.54) is 0 Å². The number of ether oxygens (including phenoxy) is 1. The molecular formula is C25H48O4Si2. The molecule has 1 spiro atoms. The Labute approximate surface area is 193 Å². The Morgan fingerprint density at radius 2 is 1.55 bits per heavy atom. The highest BCUT2D eigenvalue weighted by atomic mass is 28.4. The average molecular weight is 469 g/mol. The van der Waals surface area contributed by atoms with Crippen LogP contribution in [0.15, 0.2) is 12.2 Å². The number of cyclic esters (lactones) is 1. The van der Waals surface area contributed by atoms with Crippen molar-refractivity contribution in [3.63, 3.8) is 0 Å². The summed E-state index contributed by atoms with van der Waals surface area (Å²) in [6.45, 7) is 27.4. The topological polar surface area (TPSA) is 44.8 Å². The van der Waals surface area contributed by atoms with Gasteiger partial charge in [0, 0.05) is 30.6 Å². The van der Waals surface area contributed by atoms with Crippen LogP contribution in [0.5, 0.6) is 0 Å². The van der Waals surface area contributed by atoms with Gasteiger partial charge in [0.25, 0.3) is 0 Å². The summed E-state index contributed by atoms with van der Waals surface area (Å²) in [6.07, 6.45) is 7.07. The fourth-order valence-electron chi connectivity index (χ4n) is 4.38. The molecule has 0 bridgehead atoms. The second kappa shape index (κ2) is 8.73. The lowest BCUT2D eigenvalue weighted by Gasteiger charge is -2.54. The first-order valence-corrected chi connectivity index (χ1v) is 17.8. The zero-order chi connectivity index (χ0) is 23.9. The van der Waals surface area contributed by atoms with Gasteiger partial charge in [-0.05, 0) is 54.5 Å². The Morgan fingerprint density at radius 1 is 1.00 bits per heavy atom. The van der Waals surface area contributed by atoms with Gasteiger partial charge in [-0.15, -0.1) is 0 Å². The van der Waals surface area contributed by atoms with Crippen molar-refractivity contribution >= 4 is 22.6 Å². The third-order valence-corrected chi connectivity index (χ3v) is 17.9. The van der Waals surface area contributed by atoms with Gasteiger partial charge in [0.2, 0.25) is 0 Å². The normalized spacial score (nSPS) is 30.5. The van der Waals surface area contributed by atoms with Crippen molar-refractivity contribution in [2.45, 2.75) is 104 Å². The molecule has 4 nitrogen and oxygen atoms in total. The van der Waals surface area contributed by atoms with E-state index in [0.717, 1.165) is 25.9 Å². The van der Waals surface area contributed by atoms with Crippen LogP contribution in [-0.4, -0.2) is 42.4 Å². The van der Waals surface area contributed by atoms with Gasteiger partial charge in [-0.1, -0.05) is 61.0 Å². The average Bonchev–Trinajstić information content (AvgIpc) is 2.60. The van der Waals surface area contributed by atoms with E-state index in [2.05, 4.69) is 80.7 Å². The first-order valence-electron chi connectivity index (χ1n) is 12.0. The molecule has 0 aromatic rings. The zero-order valence-corrected chi connectivity index (χ0v) is 24.1. The van der Waals surface area contributed by atoms with Crippen molar-refractivity contribution in [1.82, 2.24) is 0 Å². The minimum atomic E-state index is -1.90. The Bertz CT molecular complexity index is 687. The van der Waals surface area contributed by atoms with Gasteiger partial charge >= 0.3 is 5.97 Å². The molecule has 6 heteroatoms. The maximum Gasteiger partial charge on any atom is 0.330 e. The summed E-state index contributed by atoms with van der Waals surface area (Å²) < 4.78 is 19.2. The molecule has 3 unspecified atom stereocenters. The maximum absolute atomic E-state index is 11.8. The highest BCUT2D eigenvalue weighted by molar-refractivity contribution is 6.74. The fraction of sp³-hybridized carbons (Fsp3) is 0.880. The molecule has 0 aromatic carbocycles. The molecule has 180 valence electrons. The first kappa shape index (κ1) is 26.8. The van der Waals surface area contributed by atoms with Gasteiger partial charge in [-0.25, -0.2) is 4.79 Å². The monoisotopic (exact) mass is 468 g/mol. The lowest BCUT2D eigenvalue weighted by Crippen LogP contribution is -2.55. The van der Waals surface area contributed by atoms with Crippen molar-refractivity contribution in [3.8, 4) is 0 Å². The lowest BCUT2D eigenvalue weighted by atomic mass is 9.55. The van der Waals surface area contributed by atoms with Crippen molar-refractivity contribution in [3.05, 3.63) is 12.2 Å². The molecule has 0 amide bonds. The van der Waals surface area contributed by atoms with Gasteiger partial charge in [-0.3, -0.25) is 0 Å². The quantitative estimate of drug-likeness (QED) is 0.313. The molecule has 0 radical (unpaired) electrons. The van der Waals surface area contributed by atoms with E-state index in [9.17, 15) is 4.79 Å². The molecule has 0 aromatic heterocycles. The van der Waals surface area contributed by atoms with E-state index in [0.29, 0.717) is 13.2 Å². The van der Waals surface area contributed by atoms with Crippen LogP contribution < -0.4 is 0 Å². The third kappa shape index (κ3) is 5.74. The summed E-state index contributed by atoms with van der Waals surface area (Å²) in [5.74, 6) is 0.0384. The zero-order valence-electron chi connectivity index (χ0n) is 22.1. The summed E-state index contributed by atoms with van der Waals surface area (Å²) in [6, 6.07) is 0. The van der Waals surface area contributed by atoms with E-state index in [1.807, 2.05) is 0 Å². The highest BCUT2D eigenvalue weighted by Gasteiger charge is 2.54. The second-order valence-corrected chi connectivity index (χ2v) is 23.0. The number of carbonyl (C=O) groups excluding carboxylic acids is 1. The number of hydrogen-bond acceptors (Lipinski definition) is 4. The van der Waals surface area contributed by atoms with Gasteiger partial charge < -0.3 is 13.6 Å². The highest BCUT2D eigenvalue weighted by Crippen LogP contribution is 2.55. The predicted molar refractivity (Wildman–Crippen MR) is 134 cm³/mol. The Hall–Kier alpha value is -0.436. The first-order chi connectivity index (χ1) is 13.9. The molecule has 2 aliphatic rings. The van der Waals surface area contributed by atoms with Gasteiger partial charge in [0.05, 0.1) is 0 Å². The van der Waals surface area contributed by atoms with Crippen LogP contribution >= 0.6 is 0 Å². The minimum absolute atomic E-state index is 0.00970. The van der Waals surface area contributed by atoms with E-state index >= 15 is 0 Å². The summed E-state index contributed by atoms with van der Waals surface area (Å²) in [4.78, 5) is 11.8. The fourth-order valence-corrected chi connectivity index (χ4v) is 6.52. The molecule has 1 heterocycles. The Morgan fingerprint density at radius 3 is 2.03 bits per heavy atom. The molecule has 0 N–H and O–H groups in total. The molecular weight excluding hydrogens is 420 g/mol. The summed E-state index contributed by atoms with van der Waals surface area (Å²) in [7, 11) is -3.76. The van der Waals surface area contributed by atoms with Crippen LogP contribution in [0.1, 0.15) is 67.7 Å². The largest absolute Gasteiger partial charge is 0.462 e.